The second kappa shape index (κ2) is 7.68. The van der Waals surface area contributed by atoms with Crippen molar-refractivity contribution in [3.05, 3.63) is 69.7 Å². The minimum absolute atomic E-state index is 0.228. The standard InChI is InChI=1S/C17H19Cl2N/c1-2-20-16(12-11-13-7-4-3-5-8-13)14-9-6-10-15(18)17(14)19/h3-10,16,20H,2,11-12H2,1H3. The highest BCUT2D eigenvalue weighted by molar-refractivity contribution is 6.42. The zero-order valence-electron chi connectivity index (χ0n) is 11.6. The minimum Gasteiger partial charge on any atom is -0.310 e. The summed E-state index contributed by atoms with van der Waals surface area (Å²) in [6, 6.07) is 16.6. The summed E-state index contributed by atoms with van der Waals surface area (Å²) in [7, 11) is 0. The van der Waals surface area contributed by atoms with Gasteiger partial charge in [0, 0.05) is 6.04 Å². The molecule has 0 bridgehead atoms. The fraction of sp³-hybridized carbons (Fsp3) is 0.294. The Bertz CT molecular complexity index is 540. The van der Waals surface area contributed by atoms with E-state index in [1.165, 1.54) is 5.56 Å². The largest absolute Gasteiger partial charge is 0.310 e. The van der Waals surface area contributed by atoms with Crippen LogP contribution in [0, 0.1) is 0 Å². The molecule has 20 heavy (non-hydrogen) atoms. The Hall–Kier alpha value is -1.02. The van der Waals surface area contributed by atoms with Gasteiger partial charge in [-0.1, -0.05) is 72.6 Å². The van der Waals surface area contributed by atoms with E-state index >= 15 is 0 Å². The van der Waals surface area contributed by atoms with Gasteiger partial charge in [0.15, 0.2) is 0 Å². The van der Waals surface area contributed by atoms with Gasteiger partial charge in [-0.15, -0.1) is 0 Å². The summed E-state index contributed by atoms with van der Waals surface area (Å²) >= 11 is 12.4. The van der Waals surface area contributed by atoms with Crippen molar-refractivity contribution in [3.63, 3.8) is 0 Å². The molecule has 106 valence electrons. The molecule has 2 aromatic rings. The predicted molar refractivity (Wildman–Crippen MR) is 87.6 cm³/mol. The number of benzene rings is 2. The Morgan fingerprint density at radius 1 is 1.00 bits per heavy atom. The Kier molecular flexibility index (Phi) is 5.90. The molecule has 3 heteroatoms. The highest BCUT2D eigenvalue weighted by Crippen LogP contribution is 2.31. The fourth-order valence-electron chi connectivity index (χ4n) is 2.36. The number of aryl methyl sites for hydroxylation is 1. The second-order valence-corrected chi connectivity index (χ2v) is 5.56. The monoisotopic (exact) mass is 307 g/mol. The van der Waals surface area contributed by atoms with E-state index in [0.29, 0.717) is 10.0 Å². The number of nitrogens with one attached hydrogen (secondary N) is 1. The maximum absolute atomic E-state index is 6.33. The maximum atomic E-state index is 6.33. The Morgan fingerprint density at radius 2 is 1.75 bits per heavy atom. The van der Waals surface area contributed by atoms with Crippen LogP contribution in [0.15, 0.2) is 48.5 Å². The molecule has 2 rings (SSSR count). The Balaban J connectivity index is 2.12. The summed E-state index contributed by atoms with van der Waals surface area (Å²) in [5.74, 6) is 0. The molecule has 0 aliphatic heterocycles. The van der Waals surface area contributed by atoms with Crippen LogP contribution < -0.4 is 5.32 Å². The van der Waals surface area contributed by atoms with Gasteiger partial charge in [-0.25, -0.2) is 0 Å². The molecule has 0 fully saturated rings. The van der Waals surface area contributed by atoms with E-state index in [1.54, 1.807) is 0 Å². The van der Waals surface area contributed by atoms with E-state index in [-0.39, 0.29) is 6.04 Å². The van der Waals surface area contributed by atoms with Crippen molar-refractivity contribution < 1.29 is 0 Å². The third-order valence-corrected chi connectivity index (χ3v) is 4.21. The summed E-state index contributed by atoms with van der Waals surface area (Å²) in [5.41, 5.74) is 2.42. The lowest BCUT2D eigenvalue weighted by molar-refractivity contribution is 0.515. The van der Waals surface area contributed by atoms with Crippen molar-refractivity contribution in [2.45, 2.75) is 25.8 Å². The van der Waals surface area contributed by atoms with Gasteiger partial charge in [0.2, 0.25) is 0 Å². The third-order valence-electron chi connectivity index (χ3n) is 3.37. The Morgan fingerprint density at radius 3 is 2.45 bits per heavy atom. The molecule has 0 heterocycles. The first-order valence-electron chi connectivity index (χ1n) is 6.93. The molecule has 0 spiro atoms. The first-order valence-corrected chi connectivity index (χ1v) is 7.69. The molecule has 2 aromatic carbocycles. The van der Waals surface area contributed by atoms with Gasteiger partial charge >= 0.3 is 0 Å². The third kappa shape index (κ3) is 3.99. The first-order chi connectivity index (χ1) is 9.72. The smallest absolute Gasteiger partial charge is 0.0640 e. The van der Waals surface area contributed by atoms with Crippen molar-refractivity contribution in [2.24, 2.45) is 0 Å². The Labute approximate surface area is 130 Å². The highest BCUT2D eigenvalue weighted by atomic mass is 35.5. The second-order valence-electron chi connectivity index (χ2n) is 4.78. The van der Waals surface area contributed by atoms with Gasteiger partial charge in [-0.3, -0.25) is 0 Å². The number of halogens is 2. The van der Waals surface area contributed by atoms with Crippen LogP contribution in [0.3, 0.4) is 0 Å². The normalized spacial score (nSPS) is 12.3. The van der Waals surface area contributed by atoms with Crippen molar-refractivity contribution >= 4 is 23.2 Å². The highest BCUT2D eigenvalue weighted by Gasteiger charge is 2.15. The topological polar surface area (TPSA) is 12.0 Å². The van der Waals surface area contributed by atoms with E-state index in [0.717, 1.165) is 24.9 Å². The summed E-state index contributed by atoms with van der Waals surface area (Å²) in [6.07, 6.45) is 2.01. The molecule has 0 radical (unpaired) electrons. The first kappa shape index (κ1) is 15.4. The lowest BCUT2D eigenvalue weighted by Gasteiger charge is -2.20. The maximum Gasteiger partial charge on any atom is 0.0640 e. The van der Waals surface area contributed by atoms with E-state index in [2.05, 4.69) is 36.5 Å². The average molecular weight is 308 g/mol. The van der Waals surface area contributed by atoms with Gasteiger partial charge in [-0.2, -0.15) is 0 Å². The van der Waals surface area contributed by atoms with Crippen LogP contribution >= 0.6 is 23.2 Å². The predicted octanol–water partition coefficient (Wildman–Crippen LogP) is 5.28. The molecule has 1 unspecified atom stereocenters. The lowest BCUT2D eigenvalue weighted by atomic mass is 9.99. The number of rotatable bonds is 6. The van der Waals surface area contributed by atoms with Crippen LogP contribution in [0.4, 0.5) is 0 Å². The van der Waals surface area contributed by atoms with Crippen molar-refractivity contribution in [2.75, 3.05) is 6.54 Å². The summed E-state index contributed by atoms with van der Waals surface area (Å²) in [5, 5.41) is 4.77. The zero-order chi connectivity index (χ0) is 14.4. The quantitative estimate of drug-likeness (QED) is 0.766. The van der Waals surface area contributed by atoms with Crippen LogP contribution in [0.1, 0.15) is 30.5 Å². The molecule has 0 saturated heterocycles. The number of hydrogen-bond acceptors (Lipinski definition) is 1. The average Bonchev–Trinajstić information content (AvgIpc) is 2.48. The molecular weight excluding hydrogens is 289 g/mol. The zero-order valence-corrected chi connectivity index (χ0v) is 13.1. The van der Waals surface area contributed by atoms with E-state index in [1.807, 2.05) is 24.3 Å². The molecule has 0 amide bonds. The summed E-state index contributed by atoms with van der Waals surface area (Å²) in [4.78, 5) is 0. The van der Waals surface area contributed by atoms with Crippen LogP contribution in [0.5, 0.6) is 0 Å². The SMILES string of the molecule is CCNC(CCc1ccccc1)c1cccc(Cl)c1Cl. The molecule has 1 N–H and O–H groups in total. The van der Waals surface area contributed by atoms with E-state index in [9.17, 15) is 0 Å². The van der Waals surface area contributed by atoms with Crippen LogP contribution in [0.2, 0.25) is 10.0 Å². The van der Waals surface area contributed by atoms with Gasteiger partial charge in [0.05, 0.1) is 10.0 Å². The van der Waals surface area contributed by atoms with Crippen molar-refractivity contribution in [3.8, 4) is 0 Å². The molecule has 0 saturated carbocycles. The van der Waals surface area contributed by atoms with Crippen molar-refractivity contribution in [1.82, 2.24) is 5.32 Å². The van der Waals surface area contributed by atoms with E-state index in [4.69, 9.17) is 23.2 Å². The molecule has 0 aliphatic rings. The van der Waals surface area contributed by atoms with E-state index < -0.39 is 0 Å². The van der Waals surface area contributed by atoms with Gasteiger partial charge in [0.25, 0.3) is 0 Å². The van der Waals surface area contributed by atoms with Gasteiger partial charge < -0.3 is 5.32 Å². The molecule has 0 aromatic heterocycles. The van der Waals surface area contributed by atoms with Crippen LogP contribution in [-0.2, 0) is 6.42 Å². The lowest BCUT2D eigenvalue weighted by Crippen LogP contribution is -2.21. The van der Waals surface area contributed by atoms with Crippen LogP contribution in [0.25, 0.3) is 0 Å². The minimum atomic E-state index is 0.228. The number of hydrogen-bond donors (Lipinski definition) is 1. The summed E-state index contributed by atoms with van der Waals surface area (Å²) in [6.45, 7) is 3.01. The van der Waals surface area contributed by atoms with Gasteiger partial charge in [-0.05, 0) is 36.6 Å². The fourth-order valence-corrected chi connectivity index (χ4v) is 2.80. The molecule has 1 nitrogen and oxygen atoms in total. The summed E-state index contributed by atoms with van der Waals surface area (Å²) < 4.78 is 0. The van der Waals surface area contributed by atoms with Crippen LogP contribution in [-0.4, -0.2) is 6.54 Å². The molecule has 0 aliphatic carbocycles. The van der Waals surface area contributed by atoms with Gasteiger partial charge in [0.1, 0.15) is 0 Å². The molecular formula is C17H19Cl2N. The van der Waals surface area contributed by atoms with Crippen molar-refractivity contribution in [1.29, 1.82) is 0 Å². The molecule has 1 atom stereocenters.